The minimum Gasteiger partial charge on any atom is -0.392 e. The molecule has 0 aromatic carbocycles. The normalized spacial score (nSPS) is 17.2. The van der Waals surface area contributed by atoms with Gasteiger partial charge in [-0.3, -0.25) is 4.79 Å². The van der Waals surface area contributed by atoms with E-state index < -0.39 is 5.41 Å². The fraction of sp³-hybridized carbons (Fsp3) is 0.455. The molecule has 1 amide bonds. The zero-order valence-corrected chi connectivity index (χ0v) is 12.4. The van der Waals surface area contributed by atoms with Crippen LogP contribution >= 0.6 is 39.5 Å². The predicted molar refractivity (Wildman–Crippen MR) is 76.9 cm³/mol. The van der Waals surface area contributed by atoms with Crippen molar-refractivity contribution in [2.24, 2.45) is 11.1 Å². The average molecular weight is 333 g/mol. The van der Waals surface area contributed by atoms with Gasteiger partial charge in [-0.2, -0.15) is 0 Å². The molecule has 3 N–H and O–H groups in total. The van der Waals surface area contributed by atoms with E-state index >= 15 is 0 Å². The second kappa shape index (κ2) is 5.04. The summed E-state index contributed by atoms with van der Waals surface area (Å²) in [5.41, 5.74) is 5.09. The summed E-state index contributed by atoms with van der Waals surface area (Å²) in [4.78, 5) is 13.5. The van der Waals surface area contributed by atoms with Gasteiger partial charge in [-0.1, -0.05) is 18.6 Å². The van der Waals surface area contributed by atoms with Crippen molar-refractivity contribution in [3.8, 4) is 0 Å². The number of thiophene rings is 1. The third kappa shape index (κ3) is 2.39. The first-order chi connectivity index (χ1) is 8.06. The Morgan fingerprint density at radius 3 is 2.76 bits per heavy atom. The number of carbonyl (C=O) groups excluding carboxylic acids is 1. The molecule has 1 saturated carbocycles. The highest BCUT2D eigenvalue weighted by atomic mass is 79.9. The topological polar surface area (TPSA) is 55.1 Å². The van der Waals surface area contributed by atoms with Gasteiger partial charge < -0.3 is 11.1 Å². The number of nitrogens with two attached hydrogens (primary N) is 1. The molecule has 0 saturated heterocycles. The van der Waals surface area contributed by atoms with Crippen LogP contribution < -0.4 is 11.1 Å². The molecule has 1 heterocycles. The van der Waals surface area contributed by atoms with E-state index in [1.54, 1.807) is 11.3 Å². The molecule has 1 aliphatic carbocycles. The third-order valence-corrected chi connectivity index (χ3v) is 5.53. The van der Waals surface area contributed by atoms with Gasteiger partial charge in [0, 0.05) is 9.35 Å². The lowest BCUT2D eigenvalue weighted by molar-refractivity contribution is -0.130. The zero-order chi connectivity index (χ0) is 12.5. The molecule has 3 nitrogen and oxygen atoms in total. The lowest BCUT2D eigenvalue weighted by Gasteiger charge is -2.39. The molecule has 1 aromatic heterocycles. The van der Waals surface area contributed by atoms with Gasteiger partial charge in [-0.15, -0.1) is 11.3 Å². The van der Waals surface area contributed by atoms with Gasteiger partial charge in [0.15, 0.2) is 0 Å². The van der Waals surface area contributed by atoms with Crippen molar-refractivity contribution < 1.29 is 4.79 Å². The molecule has 0 atom stereocenters. The van der Waals surface area contributed by atoms with Crippen molar-refractivity contribution >= 4 is 50.4 Å². The van der Waals surface area contributed by atoms with Gasteiger partial charge in [-0.25, -0.2) is 0 Å². The summed E-state index contributed by atoms with van der Waals surface area (Å²) >= 11 is 10.1. The number of thiocarbonyl (C=S) groups is 1. The van der Waals surface area contributed by atoms with E-state index in [9.17, 15) is 4.79 Å². The highest BCUT2D eigenvalue weighted by Gasteiger charge is 2.46. The van der Waals surface area contributed by atoms with Crippen LogP contribution in [-0.2, 0) is 11.3 Å². The fourth-order valence-electron chi connectivity index (χ4n) is 1.90. The molecule has 2 rings (SSSR count). The van der Waals surface area contributed by atoms with Crippen LogP contribution in [0.2, 0.25) is 0 Å². The van der Waals surface area contributed by atoms with Crippen LogP contribution in [0.15, 0.2) is 15.9 Å². The van der Waals surface area contributed by atoms with Gasteiger partial charge in [-0.05, 0) is 40.2 Å². The Morgan fingerprint density at radius 2 is 2.35 bits per heavy atom. The molecule has 1 fully saturated rings. The van der Waals surface area contributed by atoms with E-state index in [-0.39, 0.29) is 5.91 Å². The molecule has 1 aromatic rings. The fourth-order valence-corrected chi connectivity index (χ4v) is 3.63. The molecule has 0 bridgehead atoms. The minimum atomic E-state index is -0.584. The summed E-state index contributed by atoms with van der Waals surface area (Å²) in [5.74, 6) is -0.0310. The number of carbonyl (C=O) groups is 1. The summed E-state index contributed by atoms with van der Waals surface area (Å²) in [7, 11) is 0. The van der Waals surface area contributed by atoms with Crippen molar-refractivity contribution in [1.82, 2.24) is 5.32 Å². The van der Waals surface area contributed by atoms with E-state index in [1.807, 2.05) is 11.4 Å². The van der Waals surface area contributed by atoms with E-state index in [1.165, 1.54) is 0 Å². The Labute approximate surface area is 118 Å². The molecule has 92 valence electrons. The minimum absolute atomic E-state index is 0.0310. The molecule has 1 aliphatic rings. The van der Waals surface area contributed by atoms with Gasteiger partial charge in [0.05, 0.1) is 16.9 Å². The molecule has 6 heteroatoms. The van der Waals surface area contributed by atoms with Gasteiger partial charge >= 0.3 is 0 Å². The van der Waals surface area contributed by atoms with Crippen LogP contribution in [0.5, 0.6) is 0 Å². The maximum atomic E-state index is 12.1. The highest BCUT2D eigenvalue weighted by Crippen LogP contribution is 2.41. The van der Waals surface area contributed by atoms with Crippen LogP contribution in [0, 0.1) is 5.41 Å². The summed E-state index contributed by atoms with van der Waals surface area (Å²) < 4.78 is 1.03. The Kier molecular flexibility index (Phi) is 3.85. The molecule has 0 aliphatic heterocycles. The summed E-state index contributed by atoms with van der Waals surface area (Å²) in [6.45, 7) is 0.529. The van der Waals surface area contributed by atoms with E-state index in [2.05, 4.69) is 21.2 Å². The standard InChI is InChI=1S/C11H13BrN2OS2/c12-7-2-5-17-8(7)6-14-10(15)11(9(13)16)3-1-4-11/h2,5H,1,3-4,6H2,(H2,13,16)(H,14,15). The molecule has 0 radical (unpaired) electrons. The molecular formula is C11H13BrN2OS2. The first kappa shape index (κ1) is 13.0. The molecule has 17 heavy (non-hydrogen) atoms. The van der Waals surface area contributed by atoms with Crippen LogP contribution in [0.25, 0.3) is 0 Å². The van der Waals surface area contributed by atoms with Crippen LogP contribution in [0.4, 0.5) is 0 Å². The molecular weight excluding hydrogens is 320 g/mol. The predicted octanol–water partition coefficient (Wildman–Crippen LogP) is 2.58. The van der Waals surface area contributed by atoms with E-state index in [0.717, 1.165) is 28.6 Å². The SMILES string of the molecule is NC(=S)C1(C(=O)NCc2sccc2Br)CCC1. The van der Waals surface area contributed by atoms with Crippen molar-refractivity contribution in [3.63, 3.8) is 0 Å². The van der Waals surface area contributed by atoms with Crippen molar-refractivity contribution in [3.05, 3.63) is 20.8 Å². The number of halogens is 1. The van der Waals surface area contributed by atoms with E-state index in [4.69, 9.17) is 18.0 Å². The Bertz CT molecular complexity index is 454. The van der Waals surface area contributed by atoms with Gasteiger partial charge in [0.25, 0.3) is 0 Å². The second-order valence-electron chi connectivity index (χ2n) is 4.17. The quantitative estimate of drug-likeness (QED) is 0.833. The molecule has 0 unspecified atom stereocenters. The first-order valence-corrected chi connectivity index (χ1v) is 7.44. The van der Waals surface area contributed by atoms with Crippen molar-refractivity contribution in [1.29, 1.82) is 0 Å². The van der Waals surface area contributed by atoms with Crippen LogP contribution in [0.1, 0.15) is 24.1 Å². The number of hydrogen-bond acceptors (Lipinski definition) is 3. The monoisotopic (exact) mass is 332 g/mol. The second-order valence-corrected chi connectivity index (χ2v) is 6.47. The third-order valence-electron chi connectivity index (χ3n) is 3.21. The van der Waals surface area contributed by atoms with Crippen LogP contribution in [-0.4, -0.2) is 10.9 Å². The molecule has 0 spiro atoms. The maximum Gasteiger partial charge on any atom is 0.233 e. The summed E-state index contributed by atoms with van der Waals surface area (Å²) in [6.07, 6.45) is 2.58. The summed E-state index contributed by atoms with van der Waals surface area (Å²) in [5, 5.41) is 4.91. The average Bonchev–Trinajstić information content (AvgIpc) is 2.58. The van der Waals surface area contributed by atoms with Crippen LogP contribution in [0.3, 0.4) is 0 Å². The zero-order valence-electron chi connectivity index (χ0n) is 9.16. The Hall–Kier alpha value is -0.460. The summed E-state index contributed by atoms with van der Waals surface area (Å²) in [6, 6.07) is 1.97. The van der Waals surface area contributed by atoms with Crippen molar-refractivity contribution in [2.45, 2.75) is 25.8 Å². The Balaban J connectivity index is 1.98. The lowest BCUT2D eigenvalue weighted by Crippen LogP contribution is -2.52. The van der Waals surface area contributed by atoms with Gasteiger partial charge in [0.1, 0.15) is 0 Å². The Morgan fingerprint density at radius 1 is 1.65 bits per heavy atom. The maximum absolute atomic E-state index is 12.1. The lowest BCUT2D eigenvalue weighted by atomic mass is 9.68. The number of nitrogens with one attached hydrogen (secondary N) is 1. The first-order valence-electron chi connectivity index (χ1n) is 5.36. The number of rotatable bonds is 4. The largest absolute Gasteiger partial charge is 0.392 e. The smallest absolute Gasteiger partial charge is 0.233 e. The van der Waals surface area contributed by atoms with Crippen molar-refractivity contribution in [2.75, 3.05) is 0 Å². The van der Waals surface area contributed by atoms with Gasteiger partial charge in [0.2, 0.25) is 5.91 Å². The highest BCUT2D eigenvalue weighted by molar-refractivity contribution is 9.10. The number of hydrogen-bond donors (Lipinski definition) is 2. The number of amides is 1. The van der Waals surface area contributed by atoms with E-state index in [0.29, 0.717) is 11.5 Å².